The summed E-state index contributed by atoms with van der Waals surface area (Å²) < 4.78 is 37.6. The van der Waals surface area contributed by atoms with Crippen LogP contribution in [-0.2, 0) is 6.42 Å². The average Bonchev–Trinajstić information content (AvgIpc) is 3.65. The van der Waals surface area contributed by atoms with Crippen LogP contribution >= 0.6 is 0 Å². The molecule has 0 unspecified atom stereocenters. The van der Waals surface area contributed by atoms with Gasteiger partial charge in [0, 0.05) is 49.9 Å². The summed E-state index contributed by atoms with van der Waals surface area (Å²) in [4.78, 5) is 18.7. The molecule has 6 heterocycles. The largest absolute Gasteiger partial charge is 0.508 e. The Bertz CT molecular complexity index is 1560. The SMILES string of the molecule is CC[C@@H]1CCCc2cc(O)cc(-c3ncc4c(N5C[C@H]6CC[C@@H](C5)N6)nc(OC[C@@]56CCCN5C[C@H](F)C6)nc4c3F)c21. The van der Waals surface area contributed by atoms with Crippen molar-refractivity contribution < 1.29 is 18.6 Å². The molecule has 5 aliphatic rings. The number of anilines is 1. The molecule has 3 aromatic rings. The molecule has 8 nitrogen and oxygen atoms in total. The van der Waals surface area contributed by atoms with E-state index in [9.17, 15) is 9.50 Å². The highest BCUT2D eigenvalue weighted by Crippen LogP contribution is 2.44. The first kappa shape index (κ1) is 27.4. The number of aromatic hydroxyl groups is 1. The fourth-order valence-corrected chi connectivity index (χ4v) is 8.81. The zero-order chi connectivity index (χ0) is 29.3. The van der Waals surface area contributed by atoms with E-state index < -0.39 is 12.0 Å². The van der Waals surface area contributed by atoms with Gasteiger partial charge in [-0.15, -0.1) is 0 Å². The number of fused-ring (bicyclic) bond motifs is 5. The zero-order valence-corrected chi connectivity index (χ0v) is 24.8. The van der Waals surface area contributed by atoms with Gasteiger partial charge in [-0.25, -0.2) is 8.78 Å². The highest BCUT2D eigenvalue weighted by atomic mass is 19.1. The van der Waals surface area contributed by atoms with Crippen molar-refractivity contribution >= 4 is 16.7 Å². The van der Waals surface area contributed by atoms with Crippen LogP contribution < -0.4 is 15.0 Å². The van der Waals surface area contributed by atoms with E-state index in [1.54, 1.807) is 12.3 Å². The van der Waals surface area contributed by atoms with Crippen molar-refractivity contribution in [2.75, 3.05) is 37.7 Å². The van der Waals surface area contributed by atoms with E-state index >= 15 is 4.39 Å². The summed E-state index contributed by atoms with van der Waals surface area (Å²) in [5.41, 5.74) is 2.82. The van der Waals surface area contributed by atoms with Crippen LogP contribution in [0.5, 0.6) is 11.8 Å². The minimum Gasteiger partial charge on any atom is -0.508 e. The monoisotopic (exact) mass is 590 g/mol. The molecule has 0 saturated carbocycles. The summed E-state index contributed by atoms with van der Waals surface area (Å²) in [6.07, 6.45) is 9.25. The van der Waals surface area contributed by atoms with Crippen molar-refractivity contribution in [3.8, 4) is 23.0 Å². The zero-order valence-electron chi connectivity index (χ0n) is 24.8. The summed E-state index contributed by atoms with van der Waals surface area (Å²) in [5.74, 6) is 0.518. The Balaban J connectivity index is 1.24. The van der Waals surface area contributed by atoms with Gasteiger partial charge in [0.2, 0.25) is 0 Å². The van der Waals surface area contributed by atoms with Crippen molar-refractivity contribution in [3.05, 3.63) is 35.3 Å². The van der Waals surface area contributed by atoms with E-state index in [4.69, 9.17) is 14.7 Å². The minimum atomic E-state index is -0.862. The Kier molecular flexibility index (Phi) is 6.71. The molecule has 2 N–H and O–H groups in total. The second-order valence-corrected chi connectivity index (χ2v) is 13.5. The molecule has 4 aliphatic heterocycles. The third-order valence-corrected chi connectivity index (χ3v) is 10.8. The Labute approximate surface area is 250 Å². The minimum absolute atomic E-state index is 0.123. The molecule has 4 saturated heterocycles. The summed E-state index contributed by atoms with van der Waals surface area (Å²) in [7, 11) is 0. The quantitative estimate of drug-likeness (QED) is 0.402. The number of aromatic nitrogens is 3. The lowest BCUT2D eigenvalue weighted by atomic mass is 9.78. The first-order valence-corrected chi connectivity index (χ1v) is 16.2. The number of hydrogen-bond acceptors (Lipinski definition) is 8. The lowest BCUT2D eigenvalue weighted by Gasteiger charge is -2.34. The number of nitrogens with zero attached hydrogens (tertiary/aromatic N) is 5. The third-order valence-electron chi connectivity index (χ3n) is 10.8. The van der Waals surface area contributed by atoms with Crippen LogP contribution in [0.4, 0.5) is 14.6 Å². The molecule has 0 spiro atoms. The Morgan fingerprint density at radius 3 is 2.77 bits per heavy atom. The summed E-state index contributed by atoms with van der Waals surface area (Å²) in [5, 5.41) is 14.9. The molecule has 5 atom stereocenters. The second kappa shape index (κ2) is 10.5. The maximum Gasteiger partial charge on any atom is 0.319 e. The molecule has 0 amide bonds. The van der Waals surface area contributed by atoms with Gasteiger partial charge >= 0.3 is 6.01 Å². The van der Waals surface area contributed by atoms with E-state index in [2.05, 4.69) is 27.0 Å². The van der Waals surface area contributed by atoms with Gasteiger partial charge in [-0.1, -0.05) is 6.92 Å². The van der Waals surface area contributed by atoms with Crippen LogP contribution in [0.1, 0.15) is 75.3 Å². The molecule has 2 aromatic heterocycles. The van der Waals surface area contributed by atoms with Gasteiger partial charge < -0.3 is 20.1 Å². The molecule has 1 aliphatic carbocycles. The number of phenols is 1. The van der Waals surface area contributed by atoms with E-state index in [0.29, 0.717) is 41.8 Å². The van der Waals surface area contributed by atoms with E-state index in [-0.39, 0.29) is 41.0 Å². The normalized spacial score (nSPS) is 30.2. The molecule has 1 aromatic carbocycles. The van der Waals surface area contributed by atoms with Crippen molar-refractivity contribution in [2.24, 2.45) is 0 Å². The number of rotatable bonds is 6. The van der Waals surface area contributed by atoms with Crippen molar-refractivity contribution in [3.63, 3.8) is 0 Å². The molecule has 43 heavy (non-hydrogen) atoms. The lowest BCUT2D eigenvalue weighted by Crippen LogP contribution is -2.51. The fraction of sp³-hybridized carbons (Fsp3) is 0.606. The topological polar surface area (TPSA) is 86.6 Å². The number of piperazine rings is 1. The first-order chi connectivity index (χ1) is 20.9. The smallest absolute Gasteiger partial charge is 0.319 e. The van der Waals surface area contributed by atoms with E-state index in [1.807, 2.05) is 6.07 Å². The van der Waals surface area contributed by atoms with E-state index in [1.165, 1.54) is 0 Å². The van der Waals surface area contributed by atoms with Crippen LogP contribution in [0.25, 0.3) is 22.2 Å². The number of pyridine rings is 1. The van der Waals surface area contributed by atoms with Gasteiger partial charge in [0.15, 0.2) is 5.82 Å². The number of phenolic OH excluding ortho intramolecular Hbond substituents is 1. The Morgan fingerprint density at radius 1 is 1.12 bits per heavy atom. The van der Waals surface area contributed by atoms with Crippen LogP contribution in [0.2, 0.25) is 0 Å². The first-order valence-electron chi connectivity index (χ1n) is 16.2. The molecule has 228 valence electrons. The maximum atomic E-state index is 16.8. The van der Waals surface area contributed by atoms with Crippen molar-refractivity contribution in [2.45, 2.75) is 94.4 Å². The van der Waals surface area contributed by atoms with Gasteiger partial charge in [0.25, 0.3) is 0 Å². The molecule has 8 rings (SSSR count). The van der Waals surface area contributed by atoms with Gasteiger partial charge in [0.1, 0.15) is 35.6 Å². The van der Waals surface area contributed by atoms with Gasteiger partial charge in [0.05, 0.1) is 10.9 Å². The molecular weight excluding hydrogens is 550 g/mol. The molecular formula is C33H40F2N6O2. The fourth-order valence-electron chi connectivity index (χ4n) is 8.81. The summed E-state index contributed by atoms with van der Waals surface area (Å²) in [6.45, 7) is 5.28. The van der Waals surface area contributed by atoms with Crippen molar-refractivity contribution in [1.29, 1.82) is 0 Å². The van der Waals surface area contributed by atoms with Gasteiger partial charge in [-0.3, -0.25) is 9.88 Å². The van der Waals surface area contributed by atoms with Crippen LogP contribution in [0, 0.1) is 5.82 Å². The third kappa shape index (κ3) is 4.63. The van der Waals surface area contributed by atoms with Gasteiger partial charge in [-0.2, -0.15) is 9.97 Å². The number of nitrogens with one attached hydrogen (secondary N) is 1. The number of benzene rings is 1. The Morgan fingerprint density at radius 2 is 1.95 bits per heavy atom. The van der Waals surface area contributed by atoms with E-state index in [0.717, 1.165) is 82.1 Å². The molecule has 2 bridgehead atoms. The molecule has 0 radical (unpaired) electrons. The second-order valence-electron chi connectivity index (χ2n) is 13.5. The number of alkyl halides is 1. The number of ether oxygens (including phenoxy) is 1. The van der Waals surface area contributed by atoms with Crippen molar-refractivity contribution in [1.82, 2.24) is 25.2 Å². The number of hydrogen-bond donors (Lipinski definition) is 2. The molecule has 10 heteroatoms. The number of aryl methyl sites for hydroxylation is 1. The molecule has 4 fully saturated rings. The Hall–Kier alpha value is -3.11. The standard InChI is InChI=1S/C33H40F2N6O2/c1-2-19-5-3-6-20-11-24(42)12-25(27(19)20)29-28(35)30-26(14-36-29)31(40-16-22-7-8-23(17-40)37-22)39-32(38-30)43-18-33-9-4-10-41(33)15-21(34)13-33/h11-12,14,19,21-23,37,42H,2-10,13,15-18H2,1H3/t19-,21-,22-,23+,33+/m1/s1. The van der Waals surface area contributed by atoms with Crippen LogP contribution in [0.3, 0.4) is 0 Å². The summed E-state index contributed by atoms with van der Waals surface area (Å²) in [6, 6.07) is 4.32. The maximum absolute atomic E-state index is 16.8. The van der Waals surface area contributed by atoms with Gasteiger partial charge in [-0.05, 0) is 87.1 Å². The van der Waals surface area contributed by atoms with Crippen LogP contribution in [-0.4, -0.2) is 81.5 Å². The summed E-state index contributed by atoms with van der Waals surface area (Å²) >= 11 is 0. The highest BCUT2D eigenvalue weighted by Gasteiger charge is 2.49. The predicted molar refractivity (Wildman–Crippen MR) is 161 cm³/mol. The average molecular weight is 591 g/mol. The highest BCUT2D eigenvalue weighted by molar-refractivity contribution is 5.92. The lowest BCUT2D eigenvalue weighted by molar-refractivity contribution is 0.107. The van der Waals surface area contributed by atoms with Crippen LogP contribution in [0.15, 0.2) is 18.3 Å². The number of halogens is 2. The predicted octanol–water partition coefficient (Wildman–Crippen LogP) is 5.26.